The van der Waals surface area contributed by atoms with E-state index in [1.165, 1.54) is 0 Å². The molecule has 6 nitrogen and oxygen atoms in total. The maximum atomic E-state index is 13.4. The van der Waals surface area contributed by atoms with E-state index in [4.69, 9.17) is 0 Å². The predicted molar refractivity (Wildman–Crippen MR) is 69.5 cm³/mol. The van der Waals surface area contributed by atoms with Gasteiger partial charge in [0.2, 0.25) is 5.88 Å². The Kier molecular flexibility index (Phi) is 5.09. The SMILES string of the molecule is O=C(N1CCCC1c1cc(F)cnc1OS(=O)(=O)C(F)(F)F)C(F)(F)F. The quantitative estimate of drug-likeness (QED) is 0.435. The summed E-state index contributed by atoms with van der Waals surface area (Å²) in [6, 6.07) is -1.08. The number of carbonyl (C=O) groups excluding carboxylic acids is 1. The van der Waals surface area contributed by atoms with Crippen molar-refractivity contribution in [3.63, 3.8) is 0 Å². The zero-order chi connectivity index (χ0) is 19.9. The topological polar surface area (TPSA) is 76.6 Å². The number of alkyl halides is 6. The Morgan fingerprint density at radius 3 is 2.38 bits per heavy atom. The Labute approximate surface area is 141 Å². The number of carbonyl (C=O) groups is 1. The molecule has 0 radical (unpaired) electrons. The number of rotatable bonds is 3. The highest BCUT2D eigenvalue weighted by Gasteiger charge is 2.50. The van der Waals surface area contributed by atoms with E-state index in [1.54, 1.807) is 0 Å². The van der Waals surface area contributed by atoms with Crippen LogP contribution in [-0.2, 0) is 14.9 Å². The minimum Gasteiger partial charge on any atom is -0.355 e. The molecule has 1 saturated heterocycles. The first-order chi connectivity index (χ1) is 11.7. The fourth-order valence-corrected chi connectivity index (χ4v) is 2.84. The number of hydrogen-bond donors (Lipinski definition) is 0. The van der Waals surface area contributed by atoms with Crippen molar-refractivity contribution in [1.82, 2.24) is 9.88 Å². The summed E-state index contributed by atoms with van der Waals surface area (Å²) in [5.74, 6) is -4.72. The lowest BCUT2D eigenvalue weighted by molar-refractivity contribution is -0.186. The molecule has 2 heterocycles. The van der Waals surface area contributed by atoms with Crippen molar-refractivity contribution in [2.24, 2.45) is 0 Å². The zero-order valence-corrected chi connectivity index (χ0v) is 13.3. The standard InChI is InChI=1S/C12H9F7N2O4S/c13-6-4-7(8-2-1-3-21(8)10(22)11(14,15)16)9(20-5-6)25-26(23,24)12(17,18)19/h4-5,8H,1-3H2. The van der Waals surface area contributed by atoms with Gasteiger partial charge in [-0.1, -0.05) is 0 Å². The van der Waals surface area contributed by atoms with E-state index in [9.17, 15) is 43.9 Å². The van der Waals surface area contributed by atoms with Crippen LogP contribution in [0.2, 0.25) is 0 Å². The second kappa shape index (κ2) is 6.55. The number of amides is 1. The lowest BCUT2D eigenvalue weighted by Crippen LogP contribution is -2.40. The van der Waals surface area contributed by atoms with E-state index in [0.29, 0.717) is 12.3 Å². The van der Waals surface area contributed by atoms with Gasteiger partial charge in [0.25, 0.3) is 0 Å². The summed E-state index contributed by atoms with van der Waals surface area (Å²) in [5, 5.41) is 0. The molecule has 1 aromatic rings. The molecule has 1 fully saturated rings. The van der Waals surface area contributed by atoms with E-state index in [2.05, 4.69) is 9.17 Å². The van der Waals surface area contributed by atoms with Gasteiger partial charge in [-0.25, -0.2) is 9.37 Å². The molecule has 26 heavy (non-hydrogen) atoms. The first kappa shape index (κ1) is 20.2. The van der Waals surface area contributed by atoms with Crippen LogP contribution in [0.3, 0.4) is 0 Å². The lowest BCUT2D eigenvalue weighted by Gasteiger charge is -2.26. The van der Waals surface area contributed by atoms with Crippen molar-refractivity contribution < 1.29 is 48.1 Å². The molecule has 146 valence electrons. The Hall–Kier alpha value is -2.12. The molecule has 0 saturated carbocycles. The third-order valence-corrected chi connectivity index (χ3v) is 4.38. The van der Waals surface area contributed by atoms with Crippen LogP contribution in [0.1, 0.15) is 24.4 Å². The Balaban J connectivity index is 2.46. The van der Waals surface area contributed by atoms with Crippen LogP contribution in [0.4, 0.5) is 30.7 Å². The number of halogens is 7. The minimum absolute atomic E-state index is 0.0223. The highest BCUT2D eigenvalue weighted by atomic mass is 32.2. The summed E-state index contributed by atoms with van der Waals surface area (Å²) in [7, 11) is -6.19. The Bertz CT molecular complexity index is 807. The second-order valence-corrected chi connectivity index (χ2v) is 6.72. The second-order valence-electron chi connectivity index (χ2n) is 5.19. The van der Waals surface area contributed by atoms with Gasteiger partial charge in [-0.3, -0.25) is 4.79 Å². The maximum absolute atomic E-state index is 13.4. The minimum atomic E-state index is -6.19. The summed E-state index contributed by atoms with van der Waals surface area (Å²) < 4.78 is 115. The monoisotopic (exact) mass is 410 g/mol. The molecule has 0 N–H and O–H groups in total. The highest BCUT2D eigenvalue weighted by molar-refractivity contribution is 7.87. The number of nitrogens with zero attached hydrogens (tertiary/aromatic N) is 2. The average molecular weight is 410 g/mol. The predicted octanol–water partition coefficient (Wildman–Crippen LogP) is 2.67. The fourth-order valence-electron chi connectivity index (χ4n) is 2.40. The molecule has 1 aliphatic rings. The molecule has 0 bridgehead atoms. The number of aromatic nitrogens is 1. The van der Waals surface area contributed by atoms with E-state index in [-0.39, 0.29) is 17.7 Å². The van der Waals surface area contributed by atoms with Crippen LogP contribution < -0.4 is 4.18 Å². The molecule has 1 unspecified atom stereocenters. The van der Waals surface area contributed by atoms with Gasteiger partial charge in [-0.15, -0.1) is 0 Å². The third kappa shape index (κ3) is 3.99. The van der Waals surface area contributed by atoms with Gasteiger partial charge in [0, 0.05) is 12.1 Å². The summed E-state index contributed by atoms with van der Waals surface area (Å²) in [6.45, 7) is -0.412. The largest absolute Gasteiger partial charge is 0.534 e. The lowest BCUT2D eigenvalue weighted by atomic mass is 10.1. The molecule has 0 aliphatic carbocycles. The van der Waals surface area contributed by atoms with Crippen LogP contribution in [0.5, 0.6) is 5.88 Å². The summed E-state index contributed by atoms with van der Waals surface area (Å²) >= 11 is 0. The molecule has 1 aliphatic heterocycles. The highest BCUT2D eigenvalue weighted by Crippen LogP contribution is 2.40. The van der Waals surface area contributed by atoms with Crippen molar-refractivity contribution in [3.05, 3.63) is 23.6 Å². The van der Waals surface area contributed by atoms with E-state index >= 15 is 0 Å². The number of pyridine rings is 1. The zero-order valence-electron chi connectivity index (χ0n) is 12.4. The summed E-state index contributed by atoms with van der Waals surface area (Å²) in [4.78, 5) is 14.8. The van der Waals surface area contributed by atoms with Crippen LogP contribution in [0.15, 0.2) is 12.3 Å². The molecule has 1 atom stereocenters. The van der Waals surface area contributed by atoms with Crippen molar-refractivity contribution in [2.75, 3.05) is 6.54 Å². The molecular formula is C12H9F7N2O4S. The molecule has 0 aromatic carbocycles. The van der Waals surface area contributed by atoms with Crippen LogP contribution in [0, 0.1) is 5.82 Å². The molecular weight excluding hydrogens is 401 g/mol. The van der Waals surface area contributed by atoms with Gasteiger partial charge in [-0.05, 0) is 18.9 Å². The Morgan fingerprint density at radius 2 is 1.85 bits per heavy atom. The van der Waals surface area contributed by atoms with Crippen molar-refractivity contribution in [2.45, 2.75) is 30.6 Å². The smallest absolute Gasteiger partial charge is 0.355 e. The summed E-state index contributed by atoms with van der Waals surface area (Å²) in [6.07, 6.45) is -5.11. The molecule has 0 spiro atoms. The van der Waals surface area contributed by atoms with E-state index < -0.39 is 57.6 Å². The first-order valence-electron chi connectivity index (χ1n) is 6.78. The molecule has 14 heteroatoms. The van der Waals surface area contributed by atoms with Gasteiger partial charge in [0.05, 0.1) is 12.2 Å². The molecule has 1 aromatic heterocycles. The summed E-state index contributed by atoms with van der Waals surface area (Å²) in [5.41, 5.74) is -6.55. The first-order valence-corrected chi connectivity index (χ1v) is 8.19. The normalized spacial score (nSPS) is 18.9. The average Bonchev–Trinajstić information content (AvgIpc) is 2.95. The van der Waals surface area contributed by atoms with Gasteiger partial charge >= 0.3 is 27.7 Å². The van der Waals surface area contributed by atoms with Crippen molar-refractivity contribution >= 4 is 16.0 Å². The Morgan fingerprint density at radius 1 is 1.23 bits per heavy atom. The van der Waals surface area contributed by atoms with Gasteiger partial charge in [0.15, 0.2) is 0 Å². The van der Waals surface area contributed by atoms with Crippen LogP contribution in [-0.4, -0.2) is 42.4 Å². The van der Waals surface area contributed by atoms with E-state index in [0.717, 1.165) is 0 Å². The van der Waals surface area contributed by atoms with Crippen LogP contribution >= 0.6 is 0 Å². The fraction of sp³-hybridized carbons (Fsp3) is 0.500. The number of likely N-dealkylation sites (tertiary alicyclic amines) is 1. The molecule has 1 amide bonds. The van der Waals surface area contributed by atoms with Crippen molar-refractivity contribution in [1.29, 1.82) is 0 Å². The van der Waals surface area contributed by atoms with E-state index in [1.807, 2.05) is 0 Å². The van der Waals surface area contributed by atoms with Gasteiger partial charge in [0.1, 0.15) is 5.82 Å². The number of hydrogen-bond acceptors (Lipinski definition) is 5. The molecule has 2 rings (SSSR count). The third-order valence-electron chi connectivity index (χ3n) is 3.43. The van der Waals surface area contributed by atoms with Crippen LogP contribution in [0.25, 0.3) is 0 Å². The maximum Gasteiger partial charge on any atom is 0.534 e. The van der Waals surface area contributed by atoms with Gasteiger partial charge in [-0.2, -0.15) is 34.8 Å². The van der Waals surface area contributed by atoms with Gasteiger partial charge < -0.3 is 9.08 Å². The van der Waals surface area contributed by atoms with Crippen molar-refractivity contribution in [3.8, 4) is 5.88 Å².